The monoisotopic (exact) mass is 265 g/mol. The molecule has 0 bridgehead atoms. The van der Waals surface area contributed by atoms with Crippen LogP contribution in [0.15, 0.2) is 11.6 Å². The van der Waals surface area contributed by atoms with Crippen molar-refractivity contribution in [2.45, 2.75) is 45.4 Å². The minimum Gasteiger partial charge on any atom is -0.452 e. The van der Waals surface area contributed by atoms with Gasteiger partial charge in [-0.2, -0.15) is 0 Å². The van der Waals surface area contributed by atoms with Crippen LogP contribution in [0.3, 0.4) is 0 Å². The van der Waals surface area contributed by atoms with Crippen LogP contribution in [0.2, 0.25) is 0 Å². The van der Waals surface area contributed by atoms with Crippen molar-refractivity contribution in [3.05, 3.63) is 11.6 Å². The number of carbonyl (C=O) groups excluding carboxylic acids is 2. The maximum absolute atomic E-state index is 11.9. The first-order valence-corrected chi connectivity index (χ1v) is 7.29. The van der Waals surface area contributed by atoms with Crippen LogP contribution in [0.4, 0.5) is 0 Å². The molecule has 1 aliphatic carbocycles. The van der Waals surface area contributed by atoms with Crippen molar-refractivity contribution < 1.29 is 14.3 Å². The minimum atomic E-state index is -0.382. The summed E-state index contributed by atoms with van der Waals surface area (Å²) in [6.07, 6.45) is 8.36. The van der Waals surface area contributed by atoms with Gasteiger partial charge in [-0.3, -0.25) is 4.79 Å². The van der Waals surface area contributed by atoms with Crippen molar-refractivity contribution in [1.82, 2.24) is 4.90 Å². The Morgan fingerprint density at radius 2 is 1.79 bits per heavy atom. The topological polar surface area (TPSA) is 46.6 Å². The third-order valence-electron chi connectivity index (χ3n) is 3.86. The first-order chi connectivity index (χ1) is 9.16. The molecule has 0 N–H and O–H groups in total. The quantitative estimate of drug-likeness (QED) is 0.579. The number of likely N-dealkylation sites (tertiary alicyclic amines) is 1. The lowest BCUT2D eigenvalue weighted by atomic mass is 10.2. The molecule has 4 nitrogen and oxygen atoms in total. The fourth-order valence-electron chi connectivity index (χ4n) is 2.43. The molecule has 2 rings (SSSR count). The third kappa shape index (κ3) is 4.69. The van der Waals surface area contributed by atoms with E-state index in [1.807, 2.05) is 11.8 Å². The molecule has 0 aromatic carbocycles. The van der Waals surface area contributed by atoms with Gasteiger partial charge < -0.3 is 9.64 Å². The van der Waals surface area contributed by atoms with E-state index in [1.54, 1.807) is 0 Å². The first kappa shape index (κ1) is 14.1. The van der Waals surface area contributed by atoms with Crippen LogP contribution in [0.25, 0.3) is 0 Å². The fraction of sp³-hybridized carbons (Fsp3) is 0.733. The van der Waals surface area contributed by atoms with Gasteiger partial charge in [-0.25, -0.2) is 4.79 Å². The summed E-state index contributed by atoms with van der Waals surface area (Å²) in [7, 11) is 0. The minimum absolute atomic E-state index is 0.0623. The maximum Gasteiger partial charge on any atom is 0.331 e. The Bertz CT molecular complexity index is 364. The first-order valence-electron chi connectivity index (χ1n) is 7.29. The summed E-state index contributed by atoms with van der Waals surface area (Å²) in [6.45, 7) is 3.43. The largest absolute Gasteiger partial charge is 0.452 e. The number of allylic oxidation sites excluding steroid dienone is 1. The van der Waals surface area contributed by atoms with Gasteiger partial charge in [0, 0.05) is 19.2 Å². The second-order valence-electron chi connectivity index (χ2n) is 5.57. The van der Waals surface area contributed by atoms with E-state index in [1.165, 1.54) is 31.8 Å². The lowest BCUT2D eigenvalue weighted by molar-refractivity contribution is -0.148. The van der Waals surface area contributed by atoms with E-state index >= 15 is 0 Å². The van der Waals surface area contributed by atoms with Crippen LogP contribution in [-0.4, -0.2) is 36.5 Å². The van der Waals surface area contributed by atoms with Crippen molar-refractivity contribution in [3.63, 3.8) is 0 Å². The second kappa shape index (κ2) is 6.73. The predicted octanol–water partition coefficient (Wildman–Crippen LogP) is 2.29. The van der Waals surface area contributed by atoms with Crippen molar-refractivity contribution in [2.75, 3.05) is 19.7 Å². The van der Waals surface area contributed by atoms with Gasteiger partial charge in [-0.15, -0.1) is 0 Å². The molecule has 1 saturated carbocycles. The molecule has 19 heavy (non-hydrogen) atoms. The van der Waals surface area contributed by atoms with E-state index in [-0.39, 0.29) is 18.5 Å². The molecule has 1 heterocycles. The number of carbonyl (C=O) groups is 2. The van der Waals surface area contributed by atoms with Crippen LogP contribution in [-0.2, 0) is 14.3 Å². The average Bonchev–Trinajstić information content (AvgIpc) is 3.21. The average molecular weight is 265 g/mol. The van der Waals surface area contributed by atoms with E-state index in [0.717, 1.165) is 31.5 Å². The smallest absolute Gasteiger partial charge is 0.331 e. The molecule has 1 amide bonds. The molecule has 0 radical (unpaired) electrons. The van der Waals surface area contributed by atoms with Gasteiger partial charge in [0.05, 0.1) is 0 Å². The third-order valence-corrected chi connectivity index (χ3v) is 3.86. The van der Waals surface area contributed by atoms with E-state index in [9.17, 15) is 9.59 Å². The van der Waals surface area contributed by atoms with Crippen molar-refractivity contribution in [2.24, 2.45) is 5.92 Å². The SMILES string of the molecule is C/C(=C\C(=O)OCC(=O)N1CCCCCC1)C1CC1. The number of esters is 1. The Labute approximate surface area is 114 Å². The summed E-state index contributed by atoms with van der Waals surface area (Å²) >= 11 is 0. The number of hydrogen-bond acceptors (Lipinski definition) is 3. The molecule has 0 atom stereocenters. The summed E-state index contributed by atoms with van der Waals surface area (Å²) < 4.78 is 5.04. The fourth-order valence-corrected chi connectivity index (χ4v) is 2.43. The summed E-state index contributed by atoms with van der Waals surface area (Å²) in [5.74, 6) is 0.120. The van der Waals surface area contributed by atoms with Crippen LogP contribution < -0.4 is 0 Å². The molecular formula is C15H23NO3. The maximum atomic E-state index is 11.9. The molecule has 0 spiro atoms. The van der Waals surface area contributed by atoms with Gasteiger partial charge in [0.2, 0.25) is 0 Å². The highest BCUT2D eigenvalue weighted by Crippen LogP contribution is 2.35. The Morgan fingerprint density at radius 3 is 2.37 bits per heavy atom. The Morgan fingerprint density at radius 1 is 1.16 bits per heavy atom. The van der Waals surface area contributed by atoms with Gasteiger partial charge >= 0.3 is 5.97 Å². The Balaban J connectivity index is 1.72. The van der Waals surface area contributed by atoms with Gasteiger partial charge in [0.25, 0.3) is 5.91 Å². The molecule has 0 unspecified atom stereocenters. The normalized spacial score (nSPS) is 20.9. The molecule has 2 fully saturated rings. The highest BCUT2D eigenvalue weighted by Gasteiger charge is 2.24. The van der Waals surface area contributed by atoms with Crippen LogP contribution in [0.5, 0.6) is 0 Å². The van der Waals surface area contributed by atoms with Crippen LogP contribution in [0.1, 0.15) is 45.4 Å². The number of ether oxygens (including phenoxy) is 1. The van der Waals surface area contributed by atoms with Gasteiger partial charge in [0.15, 0.2) is 6.61 Å². The Hall–Kier alpha value is -1.32. The second-order valence-corrected chi connectivity index (χ2v) is 5.57. The summed E-state index contributed by atoms with van der Waals surface area (Å²) in [5, 5.41) is 0. The van der Waals surface area contributed by atoms with E-state index in [0.29, 0.717) is 5.92 Å². The standard InChI is InChI=1S/C15H23NO3/c1-12(13-6-7-13)10-15(18)19-11-14(17)16-8-4-2-3-5-9-16/h10,13H,2-9,11H2,1H3/b12-10+. The van der Waals surface area contributed by atoms with E-state index < -0.39 is 0 Å². The summed E-state index contributed by atoms with van der Waals surface area (Å²) in [4.78, 5) is 25.3. The molecule has 1 saturated heterocycles. The van der Waals surface area contributed by atoms with E-state index in [4.69, 9.17) is 4.74 Å². The molecule has 2 aliphatic rings. The number of rotatable bonds is 4. The van der Waals surface area contributed by atoms with Crippen molar-refractivity contribution in [3.8, 4) is 0 Å². The molecular weight excluding hydrogens is 242 g/mol. The van der Waals surface area contributed by atoms with E-state index in [2.05, 4.69) is 0 Å². The molecule has 0 aromatic rings. The lowest BCUT2D eigenvalue weighted by Crippen LogP contribution is -2.35. The number of nitrogens with zero attached hydrogens (tertiary/aromatic N) is 1. The van der Waals surface area contributed by atoms with Gasteiger partial charge in [-0.05, 0) is 38.5 Å². The van der Waals surface area contributed by atoms with Crippen LogP contribution in [0, 0.1) is 5.92 Å². The molecule has 1 aliphatic heterocycles. The zero-order chi connectivity index (χ0) is 13.7. The van der Waals surface area contributed by atoms with Gasteiger partial charge in [-0.1, -0.05) is 18.4 Å². The summed E-state index contributed by atoms with van der Waals surface area (Å²) in [6, 6.07) is 0. The molecule has 106 valence electrons. The lowest BCUT2D eigenvalue weighted by Gasteiger charge is -2.19. The predicted molar refractivity (Wildman–Crippen MR) is 72.5 cm³/mol. The zero-order valence-corrected chi connectivity index (χ0v) is 11.7. The summed E-state index contributed by atoms with van der Waals surface area (Å²) in [5.41, 5.74) is 1.08. The van der Waals surface area contributed by atoms with Gasteiger partial charge in [0.1, 0.15) is 0 Å². The molecule has 4 heteroatoms. The highest BCUT2D eigenvalue weighted by atomic mass is 16.5. The number of hydrogen-bond donors (Lipinski definition) is 0. The Kier molecular flexibility index (Phi) is 5.00. The van der Waals surface area contributed by atoms with Crippen LogP contribution >= 0.6 is 0 Å². The number of amides is 1. The highest BCUT2D eigenvalue weighted by molar-refractivity contribution is 5.86. The van der Waals surface area contributed by atoms with Crippen molar-refractivity contribution in [1.29, 1.82) is 0 Å². The zero-order valence-electron chi connectivity index (χ0n) is 11.7. The molecule has 0 aromatic heterocycles. The van der Waals surface area contributed by atoms with Crippen molar-refractivity contribution >= 4 is 11.9 Å².